The summed E-state index contributed by atoms with van der Waals surface area (Å²) in [4.78, 5) is 12.2. The Balaban J connectivity index is 0.00000208. The first-order valence-corrected chi connectivity index (χ1v) is 8.99. The Hall–Kier alpha value is -1.50. The number of nitrogens with two attached hydrogens (primary N) is 1. The van der Waals surface area contributed by atoms with Crippen molar-refractivity contribution in [3.63, 3.8) is 0 Å². The average molecular weight is 367 g/mol. The monoisotopic (exact) mass is 366 g/mol. The fraction of sp³-hybridized carbons (Fsp3) is 0.471. The smallest absolute Gasteiger partial charge is 0.257 e. The average Bonchev–Trinajstić information content (AvgIpc) is 3.02. The highest BCUT2D eigenvalue weighted by atomic mass is 35.5. The molecule has 1 aromatic heterocycles. The number of benzene rings is 1. The maximum Gasteiger partial charge on any atom is 0.257 e. The van der Waals surface area contributed by atoms with Gasteiger partial charge in [-0.2, -0.15) is 0 Å². The Morgan fingerprint density at radius 2 is 1.88 bits per heavy atom. The summed E-state index contributed by atoms with van der Waals surface area (Å²) < 4.78 is 0. The Bertz CT molecular complexity index is 653. The summed E-state index contributed by atoms with van der Waals surface area (Å²) in [6, 6.07) is 7.29. The summed E-state index contributed by atoms with van der Waals surface area (Å²) in [6.45, 7) is 0.475. The number of hydrogen-bond acceptors (Lipinski definition) is 5. The first-order valence-electron chi connectivity index (χ1n) is 8.17. The Labute approximate surface area is 152 Å². The Morgan fingerprint density at radius 1 is 1.17 bits per heavy atom. The highest BCUT2D eigenvalue weighted by molar-refractivity contribution is 7.15. The van der Waals surface area contributed by atoms with Crippen LogP contribution < -0.4 is 11.1 Å². The molecule has 0 radical (unpaired) electrons. The van der Waals surface area contributed by atoms with Crippen molar-refractivity contribution in [2.75, 3.05) is 5.32 Å². The minimum absolute atomic E-state index is 0. The molecular formula is C17H23ClN4OS. The van der Waals surface area contributed by atoms with Crippen molar-refractivity contribution in [3.05, 3.63) is 40.4 Å². The van der Waals surface area contributed by atoms with Crippen LogP contribution in [0.4, 0.5) is 5.13 Å². The van der Waals surface area contributed by atoms with Crippen LogP contribution in [0.1, 0.15) is 53.0 Å². The van der Waals surface area contributed by atoms with Crippen LogP contribution in [0.5, 0.6) is 0 Å². The van der Waals surface area contributed by atoms with Gasteiger partial charge in [0.25, 0.3) is 5.91 Å². The third-order valence-corrected chi connectivity index (χ3v) is 5.19. The van der Waals surface area contributed by atoms with Crippen LogP contribution in [-0.2, 0) is 13.0 Å². The number of rotatable bonds is 5. The van der Waals surface area contributed by atoms with E-state index in [1.165, 1.54) is 43.4 Å². The van der Waals surface area contributed by atoms with Crippen molar-refractivity contribution >= 4 is 34.8 Å². The molecule has 1 heterocycles. The molecule has 7 heteroatoms. The molecule has 0 aliphatic heterocycles. The number of hydrogen-bond donors (Lipinski definition) is 2. The van der Waals surface area contributed by atoms with Gasteiger partial charge in [0.05, 0.1) is 0 Å². The first-order chi connectivity index (χ1) is 11.2. The Kier molecular flexibility index (Phi) is 7.15. The molecule has 5 nitrogen and oxygen atoms in total. The van der Waals surface area contributed by atoms with E-state index in [9.17, 15) is 4.79 Å². The number of nitrogens with one attached hydrogen (secondary N) is 1. The predicted molar refractivity (Wildman–Crippen MR) is 99.7 cm³/mol. The van der Waals surface area contributed by atoms with Crippen LogP contribution in [0.25, 0.3) is 0 Å². The minimum atomic E-state index is -0.158. The molecule has 1 fully saturated rings. The lowest BCUT2D eigenvalue weighted by Crippen LogP contribution is -2.11. The van der Waals surface area contributed by atoms with Gasteiger partial charge in [0, 0.05) is 18.5 Å². The van der Waals surface area contributed by atoms with Gasteiger partial charge < -0.3 is 5.73 Å². The molecule has 2 aromatic rings. The van der Waals surface area contributed by atoms with E-state index in [-0.39, 0.29) is 18.3 Å². The third kappa shape index (κ3) is 5.00. The minimum Gasteiger partial charge on any atom is -0.326 e. The SMILES string of the molecule is Cl.NCc1ccc(C(=O)Nc2nnc(CC3CCCCC3)s2)cc1. The van der Waals surface area contributed by atoms with Crippen LogP contribution in [0, 0.1) is 5.92 Å². The number of anilines is 1. The van der Waals surface area contributed by atoms with E-state index in [1.807, 2.05) is 12.1 Å². The maximum absolute atomic E-state index is 12.2. The van der Waals surface area contributed by atoms with Crippen molar-refractivity contribution < 1.29 is 4.79 Å². The van der Waals surface area contributed by atoms with Crippen LogP contribution in [0.15, 0.2) is 24.3 Å². The van der Waals surface area contributed by atoms with Gasteiger partial charge in [0.1, 0.15) is 5.01 Å². The lowest BCUT2D eigenvalue weighted by atomic mass is 9.87. The normalized spacial score (nSPS) is 14.9. The zero-order valence-corrected chi connectivity index (χ0v) is 15.2. The van der Waals surface area contributed by atoms with E-state index in [0.717, 1.165) is 22.9 Å². The quantitative estimate of drug-likeness (QED) is 0.843. The number of aromatic nitrogens is 2. The summed E-state index contributed by atoms with van der Waals surface area (Å²) in [5, 5.41) is 12.7. The lowest BCUT2D eigenvalue weighted by molar-refractivity contribution is 0.102. The molecule has 1 aliphatic rings. The highest BCUT2D eigenvalue weighted by Gasteiger charge is 2.17. The third-order valence-electron chi connectivity index (χ3n) is 4.33. The van der Waals surface area contributed by atoms with Crippen molar-refractivity contribution in [3.8, 4) is 0 Å². The van der Waals surface area contributed by atoms with E-state index in [2.05, 4.69) is 15.5 Å². The summed E-state index contributed by atoms with van der Waals surface area (Å²) in [5.74, 6) is 0.568. The standard InChI is InChI=1S/C17H22N4OS.ClH/c18-11-13-6-8-14(9-7-13)16(22)19-17-21-20-15(23-17)10-12-4-2-1-3-5-12;/h6-9,12H,1-5,10-11,18H2,(H,19,21,22);1H. The molecule has 0 bridgehead atoms. The number of halogens is 1. The van der Waals surface area contributed by atoms with Crippen molar-refractivity contribution in [2.24, 2.45) is 11.7 Å². The molecule has 1 aromatic carbocycles. The number of carbonyl (C=O) groups excluding carboxylic acids is 1. The van der Waals surface area contributed by atoms with Gasteiger partial charge in [-0.1, -0.05) is 55.6 Å². The molecule has 1 saturated carbocycles. The van der Waals surface area contributed by atoms with E-state index in [1.54, 1.807) is 12.1 Å². The van der Waals surface area contributed by atoms with Gasteiger partial charge in [0.2, 0.25) is 5.13 Å². The topological polar surface area (TPSA) is 80.9 Å². The van der Waals surface area contributed by atoms with Crippen molar-refractivity contribution in [2.45, 2.75) is 45.1 Å². The molecule has 130 valence electrons. The second kappa shape index (κ2) is 9.11. The van der Waals surface area contributed by atoms with Gasteiger partial charge in [-0.15, -0.1) is 22.6 Å². The van der Waals surface area contributed by atoms with Crippen LogP contribution in [0.3, 0.4) is 0 Å². The number of amides is 1. The van der Waals surface area contributed by atoms with Crippen molar-refractivity contribution in [1.82, 2.24) is 10.2 Å². The summed E-state index contributed by atoms with van der Waals surface area (Å²) in [5.41, 5.74) is 7.17. The molecule has 0 atom stereocenters. The van der Waals surface area contributed by atoms with Gasteiger partial charge in [-0.05, 0) is 23.6 Å². The molecule has 0 unspecified atom stereocenters. The second-order valence-electron chi connectivity index (χ2n) is 6.06. The molecule has 1 amide bonds. The van der Waals surface area contributed by atoms with E-state index in [0.29, 0.717) is 17.2 Å². The van der Waals surface area contributed by atoms with Gasteiger partial charge in [-0.25, -0.2) is 0 Å². The van der Waals surface area contributed by atoms with Crippen LogP contribution in [0.2, 0.25) is 0 Å². The highest BCUT2D eigenvalue weighted by Crippen LogP contribution is 2.28. The predicted octanol–water partition coefficient (Wildman–Crippen LogP) is 3.79. The summed E-state index contributed by atoms with van der Waals surface area (Å²) >= 11 is 1.48. The molecule has 1 aliphatic carbocycles. The zero-order valence-electron chi connectivity index (χ0n) is 13.5. The molecular weight excluding hydrogens is 344 g/mol. The lowest BCUT2D eigenvalue weighted by Gasteiger charge is -2.19. The van der Waals surface area contributed by atoms with Crippen LogP contribution in [-0.4, -0.2) is 16.1 Å². The van der Waals surface area contributed by atoms with Crippen molar-refractivity contribution in [1.29, 1.82) is 0 Å². The van der Waals surface area contributed by atoms with E-state index < -0.39 is 0 Å². The first kappa shape index (κ1) is 18.8. The molecule has 24 heavy (non-hydrogen) atoms. The largest absolute Gasteiger partial charge is 0.326 e. The molecule has 0 spiro atoms. The Morgan fingerprint density at radius 3 is 2.54 bits per heavy atom. The fourth-order valence-electron chi connectivity index (χ4n) is 2.99. The summed E-state index contributed by atoms with van der Waals surface area (Å²) in [7, 11) is 0. The zero-order chi connectivity index (χ0) is 16.1. The van der Waals surface area contributed by atoms with E-state index in [4.69, 9.17) is 5.73 Å². The number of carbonyl (C=O) groups is 1. The number of nitrogens with zero attached hydrogens (tertiary/aromatic N) is 2. The molecule has 3 N–H and O–H groups in total. The van der Waals surface area contributed by atoms with E-state index >= 15 is 0 Å². The summed E-state index contributed by atoms with van der Waals surface area (Å²) in [6.07, 6.45) is 7.57. The van der Waals surface area contributed by atoms with Gasteiger partial charge >= 0.3 is 0 Å². The maximum atomic E-state index is 12.2. The second-order valence-corrected chi connectivity index (χ2v) is 7.13. The van der Waals surface area contributed by atoms with Gasteiger partial charge in [0.15, 0.2) is 0 Å². The molecule has 3 rings (SSSR count). The molecule has 0 saturated heterocycles. The fourth-order valence-corrected chi connectivity index (χ4v) is 3.84. The van der Waals surface area contributed by atoms with Gasteiger partial charge in [-0.3, -0.25) is 10.1 Å². The van der Waals surface area contributed by atoms with Crippen LogP contribution >= 0.6 is 23.7 Å².